The zero-order valence-electron chi connectivity index (χ0n) is 38.4. The summed E-state index contributed by atoms with van der Waals surface area (Å²) in [4.78, 5) is 69.3. The maximum Gasteiger partial charge on any atom is 0.324 e. The minimum absolute atomic E-state index is 0.0669. The number of hydrazine groups is 1. The topological polar surface area (TPSA) is 171 Å². The number of likely N-dealkylation sites (N-methyl/N-ethyl adjacent to an activating group) is 1. The fourth-order valence-electron chi connectivity index (χ4n) is 9.17. The number of nitrogens with one attached hydrogen (secondary N) is 2. The molecule has 7 rings (SSSR count). The first-order valence-corrected chi connectivity index (χ1v) is 23.1. The predicted molar refractivity (Wildman–Crippen MR) is 242 cm³/mol. The first-order valence-electron chi connectivity index (χ1n) is 22.2. The van der Waals surface area contributed by atoms with Crippen molar-refractivity contribution >= 4 is 46.1 Å². The van der Waals surface area contributed by atoms with E-state index in [1.807, 2.05) is 32.2 Å². The Morgan fingerprint density at radius 1 is 1.17 bits per heavy atom. The number of fused-ring (bicyclic) bond motifs is 6. The van der Waals surface area contributed by atoms with Crippen molar-refractivity contribution in [2.75, 3.05) is 40.4 Å². The van der Waals surface area contributed by atoms with E-state index in [9.17, 15) is 24.3 Å². The summed E-state index contributed by atoms with van der Waals surface area (Å²) in [5.74, 6) is -1.70. The van der Waals surface area contributed by atoms with Crippen LogP contribution in [0.5, 0.6) is 0 Å². The van der Waals surface area contributed by atoms with Gasteiger partial charge in [0, 0.05) is 91.7 Å². The Morgan fingerprint density at radius 3 is 2.60 bits per heavy atom. The average Bonchev–Trinajstić information content (AvgIpc) is 3.82. The van der Waals surface area contributed by atoms with Crippen molar-refractivity contribution in [3.63, 3.8) is 0 Å². The van der Waals surface area contributed by atoms with Gasteiger partial charge < -0.3 is 34.3 Å². The smallest absolute Gasteiger partial charge is 0.324 e. The van der Waals surface area contributed by atoms with Crippen LogP contribution >= 0.6 is 11.3 Å². The van der Waals surface area contributed by atoms with Crippen LogP contribution in [0.25, 0.3) is 33.4 Å². The molecular formula is C47H64N8O7S. The number of benzene rings is 1. The van der Waals surface area contributed by atoms with Gasteiger partial charge in [-0.3, -0.25) is 24.4 Å². The van der Waals surface area contributed by atoms with Crippen molar-refractivity contribution in [1.29, 1.82) is 0 Å². The number of carbonyl (C=O) groups excluding carboxylic acids is 4. The maximum absolute atomic E-state index is 14.6. The van der Waals surface area contributed by atoms with Crippen LogP contribution in [0.1, 0.15) is 90.6 Å². The van der Waals surface area contributed by atoms with Crippen molar-refractivity contribution in [2.45, 2.75) is 117 Å². The van der Waals surface area contributed by atoms with E-state index in [1.54, 1.807) is 39.1 Å². The molecule has 4 aromatic rings. The van der Waals surface area contributed by atoms with E-state index in [0.29, 0.717) is 50.4 Å². The number of carbonyl (C=O) groups is 4. The van der Waals surface area contributed by atoms with Crippen LogP contribution in [0.3, 0.4) is 0 Å². The van der Waals surface area contributed by atoms with Gasteiger partial charge in [-0.1, -0.05) is 33.8 Å². The second-order valence-corrected chi connectivity index (χ2v) is 20.1. The summed E-state index contributed by atoms with van der Waals surface area (Å²) in [5, 5.41) is 18.6. The van der Waals surface area contributed by atoms with Crippen LogP contribution < -0.4 is 10.7 Å². The zero-order valence-corrected chi connectivity index (χ0v) is 39.2. The number of rotatable bonds is 9. The van der Waals surface area contributed by atoms with Crippen LogP contribution in [0, 0.1) is 17.3 Å². The summed E-state index contributed by atoms with van der Waals surface area (Å²) >= 11 is 1.41. The molecule has 4 atom stereocenters. The highest BCUT2D eigenvalue weighted by atomic mass is 32.1. The number of ether oxygens (including phenoxy) is 2. The molecule has 15 nitrogen and oxygen atoms in total. The van der Waals surface area contributed by atoms with Gasteiger partial charge in [0.1, 0.15) is 18.1 Å². The van der Waals surface area contributed by atoms with E-state index in [-0.39, 0.29) is 37.0 Å². The third-order valence-corrected chi connectivity index (χ3v) is 13.8. The number of cyclic esters (lactones) is 1. The minimum Gasteiger partial charge on any atom is -0.464 e. The normalized spacial score (nSPS) is 20.8. The molecule has 3 aliphatic rings. The highest BCUT2D eigenvalue weighted by Crippen LogP contribution is 2.42. The van der Waals surface area contributed by atoms with Crippen LogP contribution in [-0.4, -0.2) is 122 Å². The molecule has 6 heterocycles. The lowest BCUT2D eigenvalue weighted by Crippen LogP contribution is -2.64. The standard InChI is InChI=1S/C47H64N8O7S/c1-11-54-37-17-16-29-20-32(37)33(41(54)31-14-12-18-48-39(31)28(4)61-10)22-46(5,6)26-62-44(58)34-15-13-19-55(51-34)43(57)35(21-38-49-36(29)25-63-38)50-42(56)40(27(2)3)52(9)45(59)53-23-30(24-53)47(7,8)60/h12,14,16-18,20,25,27-28,30,34-35,40,51,60H,11,13,15,19,21-24,26H2,1-10H3,(H,50,56)/t28-,34-,35-,40-/m0/s1. The molecule has 6 bridgehead atoms. The number of aromatic nitrogens is 3. The molecule has 16 heteroatoms. The van der Waals surface area contributed by atoms with Gasteiger partial charge in [0.05, 0.1) is 40.4 Å². The number of pyridine rings is 1. The summed E-state index contributed by atoms with van der Waals surface area (Å²) < 4.78 is 14.2. The summed E-state index contributed by atoms with van der Waals surface area (Å²) in [6, 6.07) is 7.36. The average molecular weight is 885 g/mol. The highest BCUT2D eigenvalue weighted by molar-refractivity contribution is 7.10. The fourth-order valence-corrected chi connectivity index (χ4v) is 10.0. The summed E-state index contributed by atoms with van der Waals surface area (Å²) in [5.41, 5.74) is 8.37. The number of amides is 4. The molecule has 3 aromatic heterocycles. The van der Waals surface area contributed by atoms with Crippen molar-refractivity contribution < 1.29 is 33.8 Å². The third kappa shape index (κ3) is 9.50. The highest BCUT2D eigenvalue weighted by Gasteiger charge is 2.44. The van der Waals surface area contributed by atoms with Crippen LogP contribution in [-0.2, 0) is 43.2 Å². The Labute approximate surface area is 374 Å². The lowest BCUT2D eigenvalue weighted by Gasteiger charge is -2.47. The Morgan fingerprint density at radius 2 is 1.92 bits per heavy atom. The third-order valence-electron chi connectivity index (χ3n) is 12.9. The van der Waals surface area contributed by atoms with E-state index >= 15 is 0 Å². The van der Waals surface area contributed by atoms with E-state index < -0.39 is 46.9 Å². The number of likely N-dealkylation sites (tertiary alicyclic amines) is 1. The number of esters is 1. The molecule has 2 fully saturated rings. The molecule has 4 amide bonds. The van der Waals surface area contributed by atoms with Crippen molar-refractivity contribution in [1.82, 2.24) is 40.1 Å². The van der Waals surface area contributed by atoms with Gasteiger partial charge in [-0.2, -0.15) is 0 Å². The lowest BCUT2D eigenvalue weighted by atomic mass is 9.84. The number of methoxy groups -OCH3 is 1. The molecule has 2 saturated heterocycles. The number of hydrogen-bond donors (Lipinski definition) is 3. The van der Waals surface area contributed by atoms with Gasteiger partial charge >= 0.3 is 12.0 Å². The van der Waals surface area contributed by atoms with Crippen LogP contribution in [0.4, 0.5) is 4.79 Å². The van der Waals surface area contributed by atoms with Crippen LogP contribution in [0.15, 0.2) is 41.9 Å². The number of hydrogen-bond acceptors (Lipinski definition) is 11. The van der Waals surface area contributed by atoms with Gasteiger partial charge in [-0.25, -0.2) is 15.2 Å². The Bertz CT molecular complexity index is 2340. The number of urea groups is 1. The quantitative estimate of drug-likeness (QED) is 0.170. The predicted octanol–water partition coefficient (Wildman–Crippen LogP) is 5.98. The molecule has 63 heavy (non-hydrogen) atoms. The van der Waals surface area contributed by atoms with Gasteiger partial charge in [0.2, 0.25) is 5.91 Å². The van der Waals surface area contributed by atoms with Gasteiger partial charge in [0.15, 0.2) is 0 Å². The molecule has 1 aromatic carbocycles. The second kappa shape index (κ2) is 18.3. The van der Waals surface area contributed by atoms with E-state index in [2.05, 4.69) is 60.3 Å². The van der Waals surface area contributed by atoms with E-state index in [0.717, 1.165) is 44.7 Å². The van der Waals surface area contributed by atoms with Gasteiger partial charge in [0.25, 0.3) is 5.91 Å². The first kappa shape index (κ1) is 46.1. The second-order valence-electron chi connectivity index (χ2n) is 19.1. The Kier molecular flexibility index (Phi) is 13.4. The monoisotopic (exact) mass is 884 g/mol. The molecule has 0 spiro atoms. The van der Waals surface area contributed by atoms with Gasteiger partial charge in [-0.05, 0) is 82.7 Å². The lowest BCUT2D eigenvalue weighted by molar-refractivity contribution is -0.155. The number of nitrogens with zero attached hydrogens (tertiary/aromatic N) is 6. The van der Waals surface area contributed by atoms with Crippen molar-refractivity contribution in [3.8, 4) is 22.5 Å². The van der Waals surface area contributed by atoms with E-state index in [1.165, 1.54) is 21.2 Å². The summed E-state index contributed by atoms with van der Waals surface area (Å²) in [6.45, 7) is 17.4. The maximum atomic E-state index is 14.6. The SMILES string of the molecule is CCn1c(-c2cccnc2[C@H](C)OC)c2c3cc(ccc31)-c1csc(n1)C[C@H](NC(=O)[C@H](C(C)C)N(C)C(=O)N1CC(C(C)(C)O)C1)C(=O)N1CCC[C@H](N1)C(=O)OCC(C)(C)C2. The number of aliphatic hydroxyl groups is 1. The summed E-state index contributed by atoms with van der Waals surface area (Å²) in [6.07, 6.45) is 3.23. The molecule has 3 N–H and O–H groups in total. The number of thiazole rings is 1. The zero-order chi connectivity index (χ0) is 45.5. The molecule has 0 aliphatic carbocycles. The molecule has 340 valence electrons. The fraction of sp³-hybridized carbons (Fsp3) is 0.574. The molecule has 0 radical (unpaired) electrons. The minimum atomic E-state index is -1.07. The van der Waals surface area contributed by atoms with Gasteiger partial charge in [-0.15, -0.1) is 11.3 Å². The number of aryl methyl sites for hydroxylation is 1. The molecule has 3 aliphatic heterocycles. The summed E-state index contributed by atoms with van der Waals surface area (Å²) in [7, 11) is 3.28. The molecule has 0 saturated carbocycles. The molecular weight excluding hydrogens is 821 g/mol. The Hall–Kier alpha value is -4.90. The first-order chi connectivity index (χ1) is 29.8. The molecule has 0 unspecified atom stereocenters. The van der Waals surface area contributed by atoms with Crippen LogP contribution in [0.2, 0.25) is 0 Å². The van der Waals surface area contributed by atoms with Crippen molar-refractivity contribution in [2.24, 2.45) is 17.3 Å². The van der Waals surface area contributed by atoms with E-state index in [4.69, 9.17) is 19.4 Å². The largest absolute Gasteiger partial charge is 0.464 e. The van der Waals surface area contributed by atoms with Crippen molar-refractivity contribution in [3.05, 3.63) is 58.2 Å². The Balaban J connectivity index is 1.27.